The Morgan fingerprint density at radius 3 is 2.58 bits per heavy atom. The summed E-state index contributed by atoms with van der Waals surface area (Å²) in [5, 5.41) is 4.42. The van der Waals surface area contributed by atoms with Crippen LogP contribution in [0.25, 0.3) is 0 Å². The monoisotopic (exact) mass is 326 g/mol. The second kappa shape index (κ2) is 7.18. The van der Waals surface area contributed by atoms with E-state index in [0.29, 0.717) is 18.0 Å². The van der Waals surface area contributed by atoms with E-state index in [2.05, 4.69) is 24.2 Å². The highest BCUT2D eigenvalue weighted by Gasteiger charge is 2.27. The van der Waals surface area contributed by atoms with E-state index < -0.39 is 0 Å². The third-order valence-corrected chi connectivity index (χ3v) is 5.08. The molecule has 128 valence electrons. The summed E-state index contributed by atoms with van der Waals surface area (Å²) in [5.41, 5.74) is 8.81. The van der Waals surface area contributed by atoms with Gasteiger partial charge in [-0.1, -0.05) is 30.3 Å². The fourth-order valence-corrected chi connectivity index (χ4v) is 3.37. The van der Waals surface area contributed by atoms with Crippen LogP contribution < -0.4 is 5.73 Å². The minimum atomic E-state index is 0.0925. The number of piperidine rings is 1. The molecule has 0 saturated carbocycles. The van der Waals surface area contributed by atoms with Crippen LogP contribution in [0.15, 0.2) is 36.5 Å². The smallest absolute Gasteiger partial charge is 0.257 e. The van der Waals surface area contributed by atoms with Crippen LogP contribution in [0, 0.1) is 12.8 Å². The zero-order valence-corrected chi connectivity index (χ0v) is 14.5. The molecular weight excluding hydrogens is 300 g/mol. The van der Waals surface area contributed by atoms with Gasteiger partial charge in [-0.2, -0.15) is 5.10 Å². The molecule has 2 N–H and O–H groups in total. The summed E-state index contributed by atoms with van der Waals surface area (Å²) < 4.78 is 1.90. The number of hydrogen-bond donors (Lipinski definition) is 1. The van der Waals surface area contributed by atoms with Crippen molar-refractivity contribution >= 4 is 5.91 Å². The molecule has 3 rings (SSSR count). The number of benzene rings is 1. The van der Waals surface area contributed by atoms with Gasteiger partial charge in [0, 0.05) is 24.8 Å². The van der Waals surface area contributed by atoms with Crippen molar-refractivity contribution in [1.82, 2.24) is 14.7 Å². The maximum Gasteiger partial charge on any atom is 0.257 e. The molecule has 0 aliphatic carbocycles. The fourth-order valence-electron chi connectivity index (χ4n) is 3.37. The molecule has 1 aliphatic heterocycles. The van der Waals surface area contributed by atoms with Gasteiger partial charge in [-0.25, -0.2) is 0 Å². The number of aromatic nitrogens is 2. The van der Waals surface area contributed by atoms with Crippen LogP contribution in [0.3, 0.4) is 0 Å². The molecule has 1 aromatic carbocycles. The molecule has 2 heterocycles. The fraction of sp³-hybridized carbons (Fsp3) is 0.474. The van der Waals surface area contributed by atoms with E-state index in [-0.39, 0.29) is 11.9 Å². The Labute approximate surface area is 143 Å². The minimum absolute atomic E-state index is 0.0925. The highest BCUT2D eigenvalue weighted by molar-refractivity contribution is 5.95. The van der Waals surface area contributed by atoms with E-state index in [0.717, 1.165) is 31.6 Å². The van der Waals surface area contributed by atoms with Crippen LogP contribution in [0.2, 0.25) is 0 Å². The Morgan fingerprint density at radius 2 is 1.96 bits per heavy atom. The number of hydrogen-bond acceptors (Lipinski definition) is 3. The van der Waals surface area contributed by atoms with Gasteiger partial charge in [0.1, 0.15) is 0 Å². The Kier molecular flexibility index (Phi) is 5.00. The van der Waals surface area contributed by atoms with Gasteiger partial charge >= 0.3 is 0 Å². The SMILES string of the molecule is Cc1c(C(=O)N2CCC(C(C)N)CC2)cnn1Cc1ccccc1. The lowest BCUT2D eigenvalue weighted by Gasteiger charge is -2.33. The van der Waals surface area contributed by atoms with Gasteiger partial charge in [0.25, 0.3) is 5.91 Å². The first-order valence-corrected chi connectivity index (χ1v) is 8.67. The molecule has 1 atom stereocenters. The van der Waals surface area contributed by atoms with E-state index in [1.807, 2.05) is 34.7 Å². The largest absolute Gasteiger partial charge is 0.339 e. The average molecular weight is 326 g/mol. The highest BCUT2D eigenvalue weighted by Crippen LogP contribution is 2.22. The van der Waals surface area contributed by atoms with Crippen LogP contribution >= 0.6 is 0 Å². The van der Waals surface area contributed by atoms with Crippen molar-refractivity contribution in [3.8, 4) is 0 Å². The molecular formula is C19H26N4O. The zero-order chi connectivity index (χ0) is 17.1. The van der Waals surface area contributed by atoms with Crippen molar-refractivity contribution in [2.24, 2.45) is 11.7 Å². The predicted octanol–water partition coefficient (Wildman–Crippen LogP) is 2.44. The van der Waals surface area contributed by atoms with Crippen molar-refractivity contribution in [3.63, 3.8) is 0 Å². The Balaban J connectivity index is 1.68. The molecule has 1 fully saturated rings. The summed E-state index contributed by atoms with van der Waals surface area (Å²) >= 11 is 0. The highest BCUT2D eigenvalue weighted by atomic mass is 16.2. The second-order valence-electron chi connectivity index (χ2n) is 6.78. The first-order valence-electron chi connectivity index (χ1n) is 8.67. The first kappa shape index (κ1) is 16.7. The molecule has 0 spiro atoms. The van der Waals surface area contributed by atoms with E-state index in [4.69, 9.17) is 5.73 Å². The lowest BCUT2D eigenvalue weighted by atomic mass is 9.91. The van der Waals surface area contributed by atoms with E-state index in [1.54, 1.807) is 6.20 Å². The standard InChI is InChI=1S/C19H26N4O/c1-14(20)17-8-10-22(11-9-17)19(24)18-12-21-23(15(18)2)13-16-6-4-3-5-7-16/h3-7,12,14,17H,8-11,13,20H2,1-2H3. The number of carbonyl (C=O) groups is 1. The van der Waals surface area contributed by atoms with Gasteiger partial charge in [-0.3, -0.25) is 9.48 Å². The van der Waals surface area contributed by atoms with Gasteiger partial charge in [0.2, 0.25) is 0 Å². The molecule has 5 nitrogen and oxygen atoms in total. The zero-order valence-electron chi connectivity index (χ0n) is 14.5. The normalized spacial score (nSPS) is 17.0. The van der Waals surface area contributed by atoms with Gasteiger partial charge < -0.3 is 10.6 Å². The summed E-state index contributed by atoms with van der Waals surface area (Å²) in [5.74, 6) is 0.617. The number of rotatable bonds is 4. The van der Waals surface area contributed by atoms with Crippen molar-refractivity contribution in [2.45, 2.75) is 39.3 Å². The van der Waals surface area contributed by atoms with Crippen LogP contribution in [-0.4, -0.2) is 39.7 Å². The number of amides is 1. The number of likely N-dealkylation sites (tertiary alicyclic amines) is 1. The van der Waals surface area contributed by atoms with Crippen molar-refractivity contribution in [3.05, 3.63) is 53.3 Å². The lowest BCUT2D eigenvalue weighted by Crippen LogP contribution is -2.42. The molecule has 0 radical (unpaired) electrons. The first-order chi connectivity index (χ1) is 11.6. The summed E-state index contributed by atoms with van der Waals surface area (Å²) in [6, 6.07) is 10.4. The van der Waals surface area contributed by atoms with Gasteiger partial charge in [0.15, 0.2) is 0 Å². The van der Waals surface area contributed by atoms with Crippen LogP contribution in [0.4, 0.5) is 0 Å². The third-order valence-electron chi connectivity index (χ3n) is 5.08. The van der Waals surface area contributed by atoms with Crippen LogP contribution in [-0.2, 0) is 6.54 Å². The molecule has 1 aromatic heterocycles. The quantitative estimate of drug-likeness (QED) is 0.938. The van der Waals surface area contributed by atoms with E-state index in [1.165, 1.54) is 5.56 Å². The summed E-state index contributed by atoms with van der Waals surface area (Å²) in [4.78, 5) is 14.7. The van der Waals surface area contributed by atoms with Crippen LogP contribution in [0.5, 0.6) is 0 Å². The van der Waals surface area contributed by atoms with Crippen molar-refractivity contribution in [1.29, 1.82) is 0 Å². The van der Waals surface area contributed by atoms with Gasteiger partial charge in [-0.15, -0.1) is 0 Å². The predicted molar refractivity (Wildman–Crippen MR) is 94.8 cm³/mol. The van der Waals surface area contributed by atoms with Crippen molar-refractivity contribution in [2.75, 3.05) is 13.1 Å². The Hall–Kier alpha value is -2.14. The minimum Gasteiger partial charge on any atom is -0.339 e. The van der Waals surface area contributed by atoms with Gasteiger partial charge in [-0.05, 0) is 38.2 Å². The molecule has 24 heavy (non-hydrogen) atoms. The third kappa shape index (κ3) is 3.51. The Morgan fingerprint density at radius 1 is 1.29 bits per heavy atom. The number of nitrogens with two attached hydrogens (primary N) is 1. The number of carbonyl (C=O) groups excluding carboxylic acids is 1. The van der Waals surface area contributed by atoms with Crippen molar-refractivity contribution < 1.29 is 4.79 Å². The Bertz CT molecular complexity index is 685. The topological polar surface area (TPSA) is 64.2 Å². The number of nitrogens with zero attached hydrogens (tertiary/aromatic N) is 3. The van der Waals surface area contributed by atoms with E-state index in [9.17, 15) is 4.79 Å². The molecule has 1 amide bonds. The lowest BCUT2D eigenvalue weighted by molar-refractivity contribution is 0.0680. The van der Waals surface area contributed by atoms with E-state index >= 15 is 0 Å². The van der Waals surface area contributed by atoms with Gasteiger partial charge in [0.05, 0.1) is 18.3 Å². The molecule has 1 saturated heterocycles. The molecule has 1 aliphatic rings. The summed E-state index contributed by atoms with van der Waals surface area (Å²) in [6.45, 7) is 6.28. The summed E-state index contributed by atoms with van der Waals surface area (Å²) in [6.07, 6.45) is 3.68. The maximum atomic E-state index is 12.8. The van der Waals surface area contributed by atoms with Crippen LogP contribution in [0.1, 0.15) is 41.4 Å². The summed E-state index contributed by atoms with van der Waals surface area (Å²) in [7, 11) is 0. The molecule has 0 bridgehead atoms. The molecule has 1 unspecified atom stereocenters. The molecule has 5 heteroatoms. The molecule has 2 aromatic rings. The maximum absolute atomic E-state index is 12.8. The second-order valence-corrected chi connectivity index (χ2v) is 6.78. The average Bonchev–Trinajstić information content (AvgIpc) is 2.96.